The molecular formula is C18H15F4NO4. The third-order valence-electron chi connectivity index (χ3n) is 4.36. The minimum Gasteiger partial charge on any atom is -0.466 e. The molecule has 144 valence electrons. The van der Waals surface area contributed by atoms with Crippen molar-refractivity contribution in [3.05, 3.63) is 59.4 Å². The normalized spacial score (nSPS) is 21.4. The molecule has 1 saturated carbocycles. The van der Waals surface area contributed by atoms with Crippen LogP contribution in [0.3, 0.4) is 0 Å². The van der Waals surface area contributed by atoms with Crippen molar-refractivity contribution >= 4 is 5.97 Å². The lowest BCUT2D eigenvalue weighted by molar-refractivity contribution is -0.200. The van der Waals surface area contributed by atoms with E-state index in [1.165, 1.54) is 0 Å². The fourth-order valence-corrected chi connectivity index (χ4v) is 2.82. The van der Waals surface area contributed by atoms with Crippen molar-refractivity contribution in [3.63, 3.8) is 0 Å². The number of pyridine rings is 1. The number of hydrogen-bond acceptors (Lipinski definition) is 5. The molecule has 5 nitrogen and oxygen atoms in total. The summed E-state index contributed by atoms with van der Waals surface area (Å²) in [5.41, 5.74) is -1.13. The zero-order valence-corrected chi connectivity index (χ0v) is 14.2. The first kappa shape index (κ1) is 19.1. The van der Waals surface area contributed by atoms with Gasteiger partial charge in [0.2, 0.25) is 23.0 Å². The maximum atomic E-state index is 13.9. The Kier molecular flexibility index (Phi) is 5.31. The highest BCUT2D eigenvalue weighted by Gasteiger charge is 2.58. The van der Waals surface area contributed by atoms with Crippen LogP contribution in [-0.4, -0.2) is 29.8 Å². The molecule has 0 bridgehead atoms. The number of methoxy groups -OCH3 is 1. The molecule has 1 aliphatic carbocycles. The predicted molar refractivity (Wildman–Crippen MR) is 83.7 cm³/mol. The Hall–Kier alpha value is -2.68. The first-order chi connectivity index (χ1) is 12.9. The number of carbonyl (C=O) groups is 1. The quantitative estimate of drug-likeness (QED) is 0.434. The van der Waals surface area contributed by atoms with Gasteiger partial charge in [-0.2, -0.15) is 22.5 Å². The third-order valence-corrected chi connectivity index (χ3v) is 4.36. The van der Waals surface area contributed by atoms with Crippen molar-refractivity contribution in [1.82, 2.24) is 4.98 Å². The van der Waals surface area contributed by atoms with Crippen LogP contribution in [0.2, 0.25) is 0 Å². The number of carbonyl (C=O) groups excluding carboxylic acids is 1. The molecule has 2 atom stereocenters. The highest BCUT2D eigenvalue weighted by Crippen LogP contribution is 2.42. The predicted octanol–water partition coefficient (Wildman–Crippen LogP) is 3.31. The Morgan fingerprint density at radius 1 is 1.15 bits per heavy atom. The second-order valence-electron chi connectivity index (χ2n) is 5.96. The molecule has 1 aliphatic rings. The zero-order valence-electron chi connectivity index (χ0n) is 14.2. The molecule has 9 heteroatoms. The molecule has 3 rings (SSSR count). The largest absolute Gasteiger partial charge is 0.466 e. The van der Waals surface area contributed by atoms with E-state index in [0.29, 0.717) is 6.42 Å². The lowest BCUT2D eigenvalue weighted by atomic mass is 9.76. The molecule has 2 unspecified atom stereocenters. The van der Waals surface area contributed by atoms with Gasteiger partial charge in [0, 0.05) is 6.42 Å². The van der Waals surface area contributed by atoms with E-state index in [4.69, 9.17) is 9.47 Å². The van der Waals surface area contributed by atoms with Crippen LogP contribution in [0, 0.1) is 23.5 Å². The van der Waals surface area contributed by atoms with Gasteiger partial charge in [0.15, 0.2) is 0 Å². The number of ether oxygens (including phenoxy) is 3. The molecule has 0 aliphatic heterocycles. The van der Waals surface area contributed by atoms with Crippen LogP contribution in [0.1, 0.15) is 18.4 Å². The van der Waals surface area contributed by atoms with Crippen molar-refractivity contribution in [2.75, 3.05) is 7.11 Å². The fourth-order valence-electron chi connectivity index (χ4n) is 2.82. The summed E-state index contributed by atoms with van der Waals surface area (Å²) in [6, 6.07) is 8.96. The highest BCUT2D eigenvalue weighted by molar-refractivity contribution is 5.82. The fraction of sp³-hybridized carbons (Fsp3) is 0.333. The van der Waals surface area contributed by atoms with Crippen molar-refractivity contribution < 1.29 is 36.6 Å². The number of rotatable bonds is 6. The number of hydrogen-bond donors (Lipinski definition) is 0. The van der Waals surface area contributed by atoms with Gasteiger partial charge < -0.3 is 14.2 Å². The standard InChI is InChI=1S/C18H15F4NO4/c1-25-17(24)18(27-14-12(19)15(21)23-16(22)13(14)20)8-7-11(18)26-9-10-5-3-2-4-6-10/h2-6,11H,7-9H2,1H3. The van der Waals surface area contributed by atoms with Crippen LogP contribution in [0.15, 0.2) is 30.3 Å². The Balaban J connectivity index is 1.87. The van der Waals surface area contributed by atoms with Crippen molar-refractivity contribution in [2.45, 2.75) is 31.2 Å². The number of benzene rings is 1. The maximum absolute atomic E-state index is 13.9. The van der Waals surface area contributed by atoms with Gasteiger partial charge in [-0.15, -0.1) is 0 Å². The molecule has 1 aromatic carbocycles. The highest BCUT2D eigenvalue weighted by atomic mass is 19.2. The van der Waals surface area contributed by atoms with Crippen LogP contribution in [0.4, 0.5) is 17.6 Å². The van der Waals surface area contributed by atoms with Gasteiger partial charge in [0.25, 0.3) is 11.9 Å². The van der Waals surface area contributed by atoms with Crippen LogP contribution in [-0.2, 0) is 20.9 Å². The molecule has 0 N–H and O–H groups in total. The first-order valence-corrected chi connectivity index (χ1v) is 8.02. The topological polar surface area (TPSA) is 57.7 Å². The summed E-state index contributed by atoms with van der Waals surface area (Å²) >= 11 is 0. The van der Waals surface area contributed by atoms with Gasteiger partial charge in [-0.25, -0.2) is 4.79 Å². The Labute approximate surface area is 151 Å². The molecule has 1 heterocycles. The van der Waals surface area contributed by atoms with Crippen molar-refractivity contribution in [1.29, 1.82) is 0 Å². The van der Waals surface area contributed by atoms with Crippen LogP contribution in [0.5, 0.6) is 5.75 Å². The third kappa shape index (κ3) is 3.46. The van der Waals surface area contributed by atoms with Gasteiger partial charge in [0.1, 0.15) is 6.10 Å². The number of halogens is 4. The van der Waals surface area contributed by atoms with Crippen LogP contribution >= 0.6 is 0 Å². The minimum absolute atomic E-state index is 0.0103. The minimum atomic E-state index is -1.93. The van der Waals surface area contributed by atoms with E-state index >= 15 is 0 Å². The molecule has 0 saturated heterocycles. The second kappa shape index (κ2) is 7.51. The zero-order chi connectivity index (χ0) is 19.6. The molecular weight excluding hydrogens is 370 g/mol. The van der Waals surface area contributed by atoms with Gasteiger partial charge in [-0.1, -0.05) is 30.3 Å². The summed E-state index contributed by atoms with van der Waals surface area (Å²) in [5.74, 6) is -9.80. The molecule has 1 aromatic heterocycles. The number of esters is 1. The van der Waals surface area contributed by atoms with E-state index in [9.17, 15) is 22.4 Å². The van der Waals surface area contributed by atoms with Gasteiger partial charge >= 0.3 is 5.97 Å². The van der Waals surface area contributed by atoms with Crippen molar-refractivity contribution in [2.24, 2.45) is 0 Å². The monoisotopic (exact) mass is 385 g/mol. The Morgan fingerprint density at radius 3 is 2.30 bits per heavy atom. The Morgan fingerprint density at radius 2 is 1.78 bits per heavy atom. The smallest absolute Gasteiger partial charge is 0.353 e. The van der Waals surface area contributed by atoms with E-state index in [0.717, 1.165) is 12.7 Å². The van der Waals surface area contributed by atoms with Gasteiger partial charge in [-0.05, 0) is 12.0 Å². The summed E-state index contributed by atoms with van der Waals surface area (Å²) in [5, 5.41) is 0. The lowest BCUT2D eigenvalue weighted by Crippen LogP contribution is -2.63. The molecule has 1 fully saturated rings. The van der Waals surface area contributed by atoms with E-state index in [1.807, 2.05) is 6.07 Å². The summed E-state index contributed by atoms with van der Waals surface area (Å²) in [7, 11) is 1.06. The first-order valence-electron chi connectivity index (χ1n) is 8.02. The second-order valence-corrected chi connectivity index (χ2v) is 5.96. The molecule has 2 aromatic rings. The SMILES string of the molecule is COC(=O)C1(Oc2c(F)c(F)nc(F)c2F)CCC1OCc1ccccc1. The summed E-state index contributed by atoms with van der Waals surface area (Å²) in [6.45, 7) is 0.0949. The van der Waals surface area contributed by atoms with Gasteiger partial charge in [-0.3, -0.25) is 0 Å². The molecule has 0 spiro atoms. The number of aromatic nitrogens is 1. The Bertz CT molecular complexity index is 823. The molecule has 27 heavy (non-hydrogen) atoms. The average molecular weight is 385 g/mol. The van der Waals surface area contributed by atoms with E-state index in [-0.39, 0.29) is 13.0 Å². The van der Waals surface area contributed by atoms with Crippen molar-refractivity contribution in [3.8, 4) is 5.75 Å². The summed E-state index contributed by atoms with van der Waals surface area (Å²) in [4.78, 5) is 14.7. The average Bonchev–Trinajstić information content (AvgIpc) is 2.66. The van der Waals surface area contributed by atoms with Gasteiger partial charge in [0.05, 0.1) is 13.7 Å². The van der Waals surface area contributed by atoms with E-state index < -0.39 is 47.0 Å². The summed E-state index contributed by atoms with van der Waals surface area (Å²) < 4.78 is 70.0. The van der Waals surface area contributed by atoms with Crippen LogP contribution < -0.4 is 4.74 Å². The van der Waals surface area contributed by atoms with Crippen LogP contribution in [0.25, 0.3) is 0 Å². The summed E-state index contributed by atoms with van der Waals surface area (Å²) in [6.07, 6.45) is -0.617. The lowest BCUT2D eigenvalue weighted by Gasteiger charge is -2.45. The maximum Gasteiger partial charge on any atom is 0.353 e. The number of nitrogens with zero attached hydrogens (tertiary/aromatic N) is 1. The van der Waals surface area contributed by atoms with E-state index in [2.05, 4.69) is 9.72 Å². The van der Waals surface area contributed by atoms with E-state index in [1.54, 1.807) is 24.3 Å². The molecule has 0 amide bonds. The molecule has 0 radical (unpaired) electrons.